The number of hydrogen-bond acceptors (Lipinski definition) is 3. The van der Waals surface area contributed by atoms with E-state index < -0.39 is 6.04 Å². The normalized spacial score (nSPS) is 11.8. The van der Waals surface area contributed by atoms with E-state index in [1.807, 2.05) is 57.1 Å². The van der Waals surface area contributed by atoms with Crippen LogP contribution in [0.4, 0.5) is 11.4 Å². The number of benzene rings is 2. The summed E-state index contributed by atoms with van der Waals surface area (Å²) in [5.74, 6) is -0.715. The number of anilines is 2. The summed E-state index contributed by atoms with van der Waals surface area (Å²) in [6, 6.07) is 13.6. The highest BCUT2D eigenvalue weighted by molar-refractivity contribution is 6.33. The molecule has 0 radical (unpaired) electrons. The molecule has 0 saturated carbocycles. The summed E-state index contributed by atoms with van der Waals surface area (Å²) in [6.07, 6.45) is 0. The molecule has 0 spiro atoms. The summed E-state index contributed by atoms with van der Waals surface area (Å²) in [4.78, 5) is 27.1. The molecule has 0 aliphatic rings. The topological polar surface area (TPSA) is 61.4 Å². The number of amides is 2. The Morgan fingerprint density at radius 1 is 1.00 bits per heavy atom. The van der Waals surface area contributed by atoms with Gasteiger partial charge in [-0.25, -0.2) is 0 Å². The number of nitrogens with one attached hydrogen (secondary N) is 2. The summed E-state index contributed by atoms with van der Waals surface area (Å²) < 4.78 is 0. The molecule has 0 aliphatic heterocycles. The van der Waals surface area contributed by atoms with E-state index in [9.17, 15) is 9.59 Å². The van der Waals surface area contributed by atoms with Gasteiger partial charge in [0.05, 0.1) is 10.6 Å². The van der Waals surface area contributed by atoms with E-state index in [0.717, 1.165) is 5.69 Å². The van der Waals surface area contributed by atoms with E-state index in [4.69, 9.17) is 11.6 Å². The summed E-state index contributed by atoms with van der Waals surface area (Å²) in [6.45, 7) is 3.76. The standard InChI is InChI=1S/C20H24ClN3O2/c1-13(2)18(23-19(25)16-7-5-6-8-17(16)21)20(26)22-14-9-11-15(12-10-14)24(3)4/h5-13,18H,1-4H3,(H,22,26)(H,23,25). The third-order valence-corrected chi connectivity index (χ3v) is 4.34. The first kappa shape index (κ1) is 19.8. The van der Waals surface area contributed by atoms with Crippen molar-refractivity contribution in [3.05, 3.63) is 59.1 Å². The highest BCUT2D eigenvalue weighted by Crippen LogP contribution is 2.18. The fraction of sp³-hybridized carbons (Fsp3) is 0.300. The Hall–Kier alpha value is -2.53. The zero-order chi connectivity index (χ0) is 19.3. The largest absolute Gasteiger partial charge is 0.378 e. The molecule has 0 aliphatic carbocycles. The predicted octanol–water partition coefficient (Wildman–Crippen LogP) is 3.80. The highest BCUT2D eigenvalue weighted by Gasteiger charge is 2.25. The van der Waals surface area contributed by atoms with Crippen LogP contribution in [0.3, 0.4) is 0 Å². The van der Waals surface area contributed by atoms with E-state index >= 15 is 0 Å². The number of carbonyl (C=O) groups is 2. The minimum atomic E-state index is -0.674. The fourth-order valence-corrected chi connectivity index (χ4v) is 2.68. The molecule has 2 aromatic carbocycles. The Kier molecular flexibility index (Phi) is 6.64. The molecule has 0 fully saturated rings. The molecule has 2 N–H and O–H groups in total. The van der Waals surface area contributed by atoms with Crippen molar-refractivity contribution in [3.63, 3.8) is 0 Å². The maximum Gasteiger partial charge on any atom is 0.253 e. The first-order valence-corrected chi connectivity index (χ1v) is 8.81. The smallest absolute Gasteiger partial charge is 0.253 e. The van der Waals surface area contributed by atoms with Crippen LogP contribution in [-0.4, -0.2) is 32.0 Å². The van der Waals surface area contributed by atoms with Crippen LogP contribution in [0.2, 0.25) is 5.02 Å². The summed E-state index contributed by atoms with van der Waals surface area (Å²) >= 11 is 6.07. The van der Waals surface area contributed by atoms with Crippen molar-refractivity contribution in [2.24, 2.45) is 5.92 Å². The average molecular weight is 374 g/mol. The lowest BCUT2D eigenvalue weighted by Crippen LogP contribution is -2.47. The first-order chi connectivity index (χ1) is 12.3. The molecule has 26 heavy (non-hydrogen) atoms. The quantitative estimate of drug-likeness (QED) is 0.809. The van der Waals surface area contributed by atoms with Crippen molar-refractivity contribution in [3.8, 4) is 0 Å². The number of rotatable bonds is 6. The lowest BCUT2D eigenvalue weighted by atomic mass is 10.0. The monoisotopic (exact) mass is 373 g/mol. The maximum absolute atomic E-state index is 12.7. The zero-order valence-corrected chi connectivity index (χ0v) is 16.2. The first-order valence-electron chi connectivity index (χ1n) is 8.43. The van der Waals surface area contributed by atoms with Crippen molar-refractivity contribution in [1.29, 1.82) is 0 Å². The van der Waals surface area contributed by atoms with E-state index in [-0.39, 0.29) is 17.7 Å². The van der Waals surface area contributed by atoms with E-state index in [1.165, 1.54) is 0 Å². The van der Waals surface area contributed by atoms with Crippen LogP contribution in [0.25, 0.3) is 0 Å². The molecule has 0 aromatic heterocycles. The van der Waals surface area contributed by atoms with Gasteiger partial charge in [0.2, 0.25) is 5.91 Å². The van der Waals surface area contributed by atoms with Gasteiger partial charge in [-0.2, -0.15) is 0 Å². The Labute approximate surface area is 159 Å². The van der Waals surface area contributed by atoms with Crippen LogP contribution in [0, 0.1) is 5.92 Å². The average Bonchev–Trinajstić information content (AvgIpc) is 2.59. The molecule has 6 heteroatoms. The number of hydrogen-bond donors (Lipinski definition) is 2. The van der Waals surface area contributed by atoms with Gasteiger partial charge < -0.3 is 15.5 Å². The second-order valence-corrected chi connectivity index (χ2v) is 7.01. The molecule has 0 saturated heterocycles. The predicted molar refractivity (Wildman–Crippen MR) is 107 cm³/mol. The van der Waals surface area contributed by atoms with Crippen LogP contribution in [0.5, 0.6) is 0 Å². The number of nitrogens with zero attached hydrogens (tertiary/aromatic N) is 1. The molecular weight excluding hydrogens is 350 g/mol. The molecule has 0 heterocycles. The van der Waals surface area contributed by atoms with Gasteiger partial charge >= 0.3 is 0 Å². The Bertz CT molecular complexity index is 773. The lowest BCUT2D eigenvalue weighted by molar-refractivity contribution is -0.118. The highest BCUT2D eigenvalue weighted by atomic mass is 35.5. The van der Waals surface area contributed by atoms with Gasteiger partial charge in [-0.15, -0.1) is 0 Å². The minimum Gasteiger partial charge on any atom is -0.378 e. The molecule has 5 nitrogen and oxygen atoms in total. The molecule has 1 atom stereocenters. The minimum absolute atomic E-state index is 0.0810. The Morgan fingerprint density at radius 2 is 1.62 bits per heavy atom. The third kappa shape index (κ3) is 4.99. The molecule has 1 unspecified atom stereocenters. The number of carbonyl (C=O) groups excluding carboxylic acids is 2. The van der Waals surface area contributed by atoms with E-state index in [2.05, 4.69) is 10.6 Å². The second-order valence-electron chi connectivity index (χ2n) is 6.61. The van der Waals surface area contributed by atoms with Crippen LogP contribution >= 0.6 is 11.6 Å². The van der Waals surface area contributed by atoms with Crippen molar-refractivity contribution in [2.45, 2.75) is 19.9 Å². The van der Waals surface area contributed by atoms with Crippen LogP contribution in [0.15, 0.2) is 48.5 Å². The summed E-state index contributed by atoms with van der Waals surface area (Å²) in [5, 5.41) is 5.99. The third-order valence-electron chi connectivity index (χ3n) is 4.01. The van der Waals surface area contributed by atoms with Crippen LogP contribution < -0.4 is 15.5 Å². The van der Waals surface area contributed by atoms with Crippen molar-refractivity contribution >= 4 is 34.8 Å². The molecular formula is C20H24ClN3O2. The van der Waals surface area contributed by atoms with Gasteiger partial charge in [0.25, 0.3) is 5.91 Å². The van der Waals surface area contributed by atoms with Crippen molar-refractivity contribution in [1.82, 2.24) is 5.32 Å². The maximum atomic E-state index is 12.7. The van der Waals surface area contributed by atoms with Crippen LogP contribution in [-0.2, 0) is 4.79 Å². The molecule has 138 valence electrons. The zero-order valence-electron chi connectivity index (χ0n) is 15.4. The van der Waals surface area contributed by atoms with Gasteiger partial charge in [-0.1, -0.05) is 37.6 Å². The fourth-order valence-electron chi connectivity index (χ4n) is 2.46. The van der Waals surface area contributed by atoms with Gasteiger partial charge in [-0.05, 0) is 42.3 Å². The van der Waals surface area contributed by atoms with E-state index in [0.29, 0.717) is 16.3 Å². The molecule has 0 bridgehead atoms. The van der Waals surface area contributed by atoms with Gasteiger partial charge in [0.15, 0.2) is 0 Å². The summed E-state index contributed by atoms with van der Waals surface area (Å²) in [7, 11) is 3.90. The van der Waals surface area contributed by atoms with Crippen molar-refractivity contribution in [2.75, 3.05) is 24.3 Å². The molecule has 2 aromatic rings. The lowest BCUT2D eigenvalue weighted by Gasteiger charge is -2.22. The Balaban J connectivity index is 2.10. The van der Waals surface area contributed by atoms with Gasteiger partial charge in [-0.3, -0.25) is 9.59 Å². The Morgan fingerprint density at radius 3 is 2.15 bits per heavy atom. The SMILES string of the molecule is CC(C)C(NC(=O)c1ccccc1Cl)C(=O)Nc1ccc(N(C)C)cc1. The molecule has 2 rings (SSSR count). The molecule has 2 amide bonds. The number of halogens is 1. The van der Waals surface area contributed by atoms with Gasteiger partial charge in [0.1, 0.15) is 6.04 Å². The van der Waals surface area contributed by atoms with Crippen LogP contribution in [0.1, 0.15) is 24.2 Å². The van der Waals surface area contributed by atoms with E-state index in [1.54, 1.807) is 24.3 Å². The summed E-state index contributed by atoms with van der Waals surface area (Å²) in [5.41, 5.74) is 2.07. The van der Waals surface area contributed by atoms with Crippen molar-refractivity contribution < 1.29 is 9.59 Å². The van der Waals surface area contributed by atoms with Gasteiger partial charge in [0, 0.05) is 25.5 Å². The second kappa shape index (κ2) is 8.72.